The first-order chi connectivity index (χ1) is 9.06. The summed E-state index contributed by atoms with van der Waals surface area (Å²) in [5, 5.41) is 7.40. The average Bonchev–Trinajstić information content (AvgIpc) is 2.69. The topological polar surface area (TPSA) is 57.3 Å². The molecule has 1 atom stereocenters. The van der Waals surface area contributed by atoms with Gasteiger partial charge in [0.05, 0.1) is 23.3 Å². The highest BCUT2D eigenvalue weighted by molar-refractivity contribution is 7.11. The standard InChI is InChI=1S/C13H22N4OS/c1-9-13(19-11(3)15-9)10(2)16-12(18)8-17-6-4-14-5-7-17/h10,14H,4-8H2,1-3H3,(H,16,18). The molecule has 0 spiro atoms. The van der Waals surface area contributed by atoms with Crippen LogP contribution in [0.25, 0.3) is 0 Å². The molecule has 1 unspecified atom stereocenters. The Morgan fingerprint density at radius 2 is 2.16 bits per heavy atom. The lowest BCUT2D eigenvalue weighted by Gasteiger charge is -2.27. The van der Waals surface area contributed by atoms with Crippen LogP contribution in [0.1, 0.15) is 28.5 Å². The minimum atomic E-state index is 0.0432. The maximum Gasteiger partial charge on any atom is 0.234 e. The Morgan fingerprint density at radius 3 is 2.74 bits per heavy atom. The molecule has 1 aliphatic heterocycles. The number of thiazole rings is 1. The van der Waals surface area contributed by atoms with Crippen LogP contribution in [-0.2, 0) is 4.79 Å². The number of hydrogen-bond acceptors (Lipinski definition) is 5. The summed E-state index contributed by atoms with van der Waals surface area (Å²) in [5.74, 6) is 0.0971. The number of aryl methyl sites for hydroxylation is 2. The van der Waals surface area contributed by atoms with Gasteiger partial charge < -0.3 is 10.6 Å². The molecule has 0 saturated carbocycles. The molecule has 1 aromatic rings. The molecule has 1 aliphatic rings. The number of hydrogen-bond donors (Lipinski definition) is 2. The first-order valence-electron chi connectivity index (χ1n) is 6.72. The summed E-state index contributed by atoms with van der Waals surface area (Å²) < 4.78 is 0. The van der Waals surface area contributed by atoms with E-state index in [1.807, 2.05) is 20.8 Å². The Hall–Kier alpha value is -0.980. The van der Waals surface area contributed by atoms with Gasteiger partial charge in [-0.3, -0.25) is 9.69 Å². The lowest BCUT2D eigenvalue weighted by Crippen LogP contribution is -2.47. The first-order valence-corrected chi connectivity index (χ1v) is 7.54. The third-order valence-electron chi connectivity index (χ3n) is 3.29. The van der Waals surface area contributed by atoms with E-state index < -0.39 is 0 Å². The Labute approximate surface area is 118 Å². The summed E-state index contributed by atoms with van der Waals surface area (Å²) in [5.41, 5.74) is 1.03. The minimum Gasteiger partial charge on any atom is -0.348 e. The fourth-order valence-corrected chi connectivity index (χ4v) is 3.30. The molecular weight excluding hydrogens is 260 g/mol. The maximum atomic E-state index is 12.0. The van der Waals surface area contributed by atoms with Gasteiger partial charge in [-0.05, 0) is 20.8 Å². The van der Waals surface area contributed by atoms with E-state index in [-0.39, 0.29) is 11.9 Å². The Bertz CT molecular complexity index is 440. The van der Waals surface area contributed by atoms with Crippen molar-refractivity contribution in [1.82, 2.24) is 20.5 Å². The first kappa shape index (κ1) is 14.4. The second-order valence-electron chi connectivity index (χ2n) is 5.00. The lowest BCUT2D eigenvalue weighted by atomic mass is 10.2. The molecular formula is C13H22N4OS. The summed E-state index contributed by atoms with van der Waals surface area (Å²) in [4.78, 5) is 19.8. The molecule has 2 rings (SSSR count). The molecule has 1 aromatic heterocycles. The van der Waals surface area contributed by atoms with E-state index in [9.17, 15) is 4.79 Å². The second-order valence-corrected chi connectivity index (χ2v) is 6.23. The molecule has 0 radical (unpaired) electrons. The van der Waals surface area contributed by atoms with Gasteiger partial charge in [0.25, 0.3) is 0 Å². The molecule has 1 amide bonds. The van der Waals surface area contributed by atoms with Gasteiger partial charge in [-0.1, -0.05) is 0 Å². The highest BCUT2D eigenvalue weighted by atomic mass is 32.1. The Morgan fingerprint density at radius 1 is 1.47 bits per heavy atom. The predicted molar refractivity (Wildman–Crippen MR) is 77.5 cm³/mol. The number of nitrogens with one attached hydrogen (secondary N) is 2. The van der Waals surface area contributed by atoms with E-state index in [0.29, 0.717) is 6.54 Å². The SMILES string of the molecule is Cc1nc(C)c(C(C)NC(=O)CN2CCNCC2)s1. The fraction of sp³-hybridized carbons (Fsp3) is 0.692. The molecule has 106 valence electrons. The van der Waals surface area contributed by atoms with Gasteiger partial charge in [-0.15, -0.1) is 11.3 Å². The zero-order valence-electron chi connectivity index (χ0n) is 11.8. The highest BCUT2D eigenvalue weighted by Gasteiger charge is 2.18. The molecule has 6 heteroatoms. The number of carbonyl (C=O) groups excluding carboxylic acids is 1. The van der Waals surface area contributed by atoms with Crippen LogP contribution in [0, 0.1) is 13.8 Å². The number of amides is 1. The fourth-order valence-electron chi connectivity index (χ4n) is 2.37. The lowest BCUT2D eigenvalue weighted by molar-refractivity contribution is -0.123. The van der Waals surface area contributed by atoms with Crippen molar-refractivity contribution in [1.29, 1.82) is 0 Å². The van der Waals surface area contributed by atoms with Gasteiger partial charge >= 0.3 is 0 Å². The number of rotatable bonds is 4. The van der Waals surface area contributed by atoms with Gasteiger partial charge in [0, 0.05) is 31.1 Å². The molecule has 1 saturated heterocycles. The molecule has 2 heterocycles. The molecule has 0 aliphatic carbocycles. The van der Waals surface area contributed by atoms with Crippen LogP contribution in [0.15, 0.2) is 0 Å². The van der Waals surface area contributed by atoms with Gasteiger partial charge in [-0.25, -0.2) is 4.98 Å². The second kappa shape index (κ2) is 6.45. The third kappa shape index (κ3) is 3.99. The summed E-state index contributed by atoms with van der Waals surface area (Å²) >= 11 is 1.66. The largest absolute Gasteiger partial charge is 0.348 e. The number of piperazine rings is 1. The van der Waals surface area contributed by atoms with Gasteiger partial charge in [0.2, 0.25) is 5.91 Å². The quantitative estimate of drug-likeness (QED) is 0.859. The summed E-state index contributed by atoms with van der Waals surface area (Å²) in [6, 6.07) is 0.0432. The molecule has 5 nitrogen and oxygen atoms in total. The molecule has 19 heavy (non-hydrogen) atoms. The molecule has 0 bridgehead atoms. The van der Waals surface area contributed by atoms with Crippen LogP contribution in [0.2, 0.25) is 0 Å². The van der Waals surface area contributed by atoms with Crippen LogP contribution < -0.4 is 10.6 Å². The van der Waals surface area contributed by atoms with Crippen molar-refractivity contribution in [3.05, 3.63) is 15.6 Å². The van der Waals surface area contributed by atoms with Crippen molar-refractivity contribution in [3.8, 4) is 0 Å². The van der Waals surface area contributed by atoms with Crippen LogP contribution in [0.5, 0.6) is 0 Å². The van der Waals surface area contributed by atoms with Crippen molar-refractivity contribution in [3.63, 3.8) is 0 Å². The van der Waals surface area contributed by atoms with Crippen LogP contribution in [-0.4, -0.2) is 48.5 Å². The Balaban J connectivity index is 1.86. The Kier molecular flexibility index (Phi) is 4.90. The average molecular weight is 282 g/mol. The smallest absolute Gasteiger partial charge is 0.234 e. The minimum absolute atomic E-state index is 0.0432. The van der Waals surface area contributed by atoms with Crippen molar-refractivity contribution in [2.45, 2.75) is 26.8 Å². The zero-order valence-corrected chi connectivity index (χ0v) is 12.6. The summed E-state index contributed by atoms with van der Waals surface area (Å²) in [6.45, 7) is 10.3. The number of aromatic nitrogens is 1. The van der Waals surface area contributed by atoms with Gasteiger partial charge in [0.1, 0.15) is 0 Å². The van der Waals surface area contributed by atoms with E-state index in [2.05, 4.69) is 20.5 Å². The highest BCUT2D eigenvalue weighted by Crippen LogP contribution is 2.24. The summed E-state index contributed by atoms with van der Waals surface area (Å²) in [7, 11) is 0. The van der Waals surface area contributed by atoms with Gasteiger partial charge in [0.15, 0.2) is 0 Å². The molecule has 0 aromatic carbocycles. The normalized spacial score (nSPS) is 18.3. The van der Waals surface area contributed by atoms with Gasteiger partial charge in [-0.2, -0.15) is 0 Å². The molecule has 1 fully saturated rings. The van der Waals surface area contributed by atoms with E-state index in [1.54, 1.807) is 11.3 Å². The van der Waals surface area contributed by atoms with E-state index in [1.165, 1.54) is 0 Å². The third-order valence-corrected chi connectivity index (χ3v) is 4.54. The van der Waals surface area contributed by atoms with Crippen LogP contribution in [0.3, 0.4) is 0 Å². The number of nitrogens with zero attached hydrogens (tertiary/aromatic N) is 2. The van der Waals surface area contributed by atoms with Crippen molar-refractivity contribution in [2.24, 2.45) is 0 Å². The van der Waals surface area contributed by atoms with Crippen molar-refractivity contribution >= 4 is 17.2 Å². The predicted octanol–water partition coefficient (Wildman–Crippen LogP) is 0.842. The van der Waals surface area contributed by atoms with E-state index in [0.717, 1.165) is 41.8 Å². The number of carbonyl (C=O) groups is 1. The monoisotopic (exact) mass is 282 g/mol. The molecule has 2 N–H and O–H groups in total. The van der Waals surface area contributed by atoms with E-state index >= 15 is 0 Å². The van der Waals surface area contributed by atoms with Crippen LogP contribution in [0.4, 0.5) is 0 Å². The zero-order chi connectivity index (χ0) is 13.8. The van der Waals surface area contributed by atoms with Crippen LogP contribution >= 0.6 is 11.3 Å². The maximum absolute atomic E-state index is 12.0. The van der Waals surface area contributed by atoms with Crippen molar-refractivity contribution < 1.29 is 4.79 Å². The summed E-state index contributed by atoms with van der Waals surface area (Å²) in [6.07, 6.45) is 0. The van der Waals surface area contributed by atoms with E-state index in [4.69, 9.17) is 0 Å². The van der Waals surface area contributed by atoms with Crippen molar-refractivity contribution in [2.75, 3.05) is 32.7 Å².